The molecule has 0 aromatic rings. The van der Waals surface area contributed by atoms with Gasteiger partial charge in [-0.1, -0.05) is 6.08 Å². The van der Waals surface area contributed by atoms with Gasteiger partial charge in [-0.2, -0.15) is 0 Å². The first-order chi connectivity index (χ1) is 6.31. The summed E-state index contributed by atoms with van der Waals surface area (Å²) in [7, 11) is 0. The summed E-state index contributed by atoms with van der Waals surface area (Å²) >= 11 is 0. The third-order valence-corrected chi connectivity index (χ3v) is 2.99. The monoisotopic (exact) mass is 181 g/mol. The lowest BCUT2D eigenvalue weighted by molar-refractivity contribution is -0.118. The maximum atomic E-state index is 11.5. The molecule has 0 aromatic carbocycles. The van der Waals surface area contributed by atoms with E-state index in [-0.39, 0.29) is 12.5 Å². The molecule has 3 heteroatoms. The van der Waals surface area contributed by atoms with E-state index in [2.05, 4.69) is 11.4 Å². The zero-order chi connectivity index (χ0) is 9.26. The topological polar surface area (TPSA) is 49.3 Å². The van der Waals surface area contributed by atoms with E-state index in [1.807, 2.05) is 0 Å². The standard InChI is InChI=1S/C10H15NO2/c12-4-3-11-10(13)9-6-7-1-2-8(9)5-7/h6-8,12H,1-5H2,(H,11,13). The number of aliphatic hydroxyl groups is 1. The van der Waals surface area contributed by atoms with E-state index >= 15 is 0 Å². The molecule has 1 amide bonds. The second kappa shape index (κ2) is 3.50. The van der Waals surface area contributed by atoms with E-state index in [9.17, 15) is 4.79 Å². The quantitative estimate of drug-likeness (QED) is 0.664. The number of amides is 1. The van der Waals surface area contributed by atoms with Gasteiger partial charge in [0.15, 0.2) is 0 Å². The normalized spacial score (nSPS) is 30.4. The molecule has 2 bridgehead atoms. The van der Waals surface area contributed by atoms with Crippen LogP contribution in [0.25, 0.3) is 0 Å². The van der Waals surface area contributed by atoms with Crippen LogP contribution >= 0.6 is 0 Å². The molecule has 72 valence electrons. The van der Waals surface area contributed by atoms with Gasteiger partial charge in [-0.05, 0) is 31.1 Å². The first-order valence-electron chi connectivity index (χ1n) is 4.92. The van der Waals surface area contributed by atoms with Crippen LogP contribution in [-0.2, 0) is 4.79 Å². The van der Waals surface area contributed by atoms with Crippen LogP contribution in [0.3, 0.4) is 0 Å². The molecule has 2 aliphatic carbocycles. The van der Waals surface area contributed by atoms with Crippen molar-refractivity contribution in [2.75, 3.05) is 13.2 Å². The molecular weight excluding hydrogens is 166 g/mol. The van der Waals surface area contributed by atoms with Crippen molar-refractivity contribution in [2.24, 2.45) is 11.8 Å². The number of nitrogens with one attached hydrogen (secondary N) is 1. The van der Waals surface area contributed by atoms with Crippen molar-refractivity contribution in [3.05, 3.63) is 11.6 Å². The van der Waals surface area contributed by atoms with Gasteiger partial charge in [-0.15, -0.1) is 0 Å². The molecule has 2 N–H and O–H groups in total. The molecule has 3 nitrogen and oxygen atoms in total. The van der Waals surface area contributed by atoms with Crippen LogP contribution in [-0.4, -0.2) is 24.2 Å². The van der Waals surface area contributed by atoms with Crippen LogP contribution in [0, 0.1) is 11.8 Å². The summed E-state index contributed by atoms with van der Waals surface area (Å²) in [5.74, 6) is 1.19. The Balaban J connectivity index is 1.94. The lowest BCUT2D eigenvalue weighted by Gasteiger charge is -2.12. The van der Waals surface area contributed by atoms with Gasteiger partial charge in [0.1, 0.15) is 0 Å². The van der Waals surface area contributed by atoms with Crippen molar-refractivity contribution in [1.82, 2.24) is 5.32 Å². The SMILES string of the molecule is O=C(NCCO)C1=CC2CCC1C2. The number of hydrogen-bond acceptors (Lipinski definition) is 2. The van der Waals surface area contributed by atoms with Crippen molar-refractivity contribution in [3.63, 3.8) is 0 Å². The number of allylic oxidation sites excluding steroid dienone is 1. The maximum absolute atomic E-state index is 11.5. The average molecular weight is 181 g/mol. The first kappa shape index (κ1) is 8.75. The molecular formula is C10H15NO2. The Labute approximate surface area is 77.8 Å². The highest BCUT2D eigenvalue weighted by Crippen LogP contribution is 2.43. The summed E-state index contributed by atoms with van der Waals surface area (Å²) in [5.41, 5.74) is 0.963. The Morgan fingerprint density at radius 2 is 2.46 bits per heavy atom. The van der Waals surface area contributed by atoms with E-state index in [0.717, 1.165) is 5.57 Å². The lowest BCUT2D eigenvalue weighted by atomic mass is 9.98. The first-order valence-corrected chi connectivity index (χ1v) is 4.92. The Morgan fingerprint density at radius 3 is 3.00 bits per heavy atom. The fourth-order valence-corrected chi connectivity index (χ4v) is 2.37. The third kappa shape index (κ3) is 1.61. The van der Waals surface area contributed by atoms with Crippen molar-refractivity contribution in [2.45, 2.75) is 19.3 Å². The number of aliphatic hydroxyl groups excluding tert-OH is 1. The van der Waals surface area contributed by atoms with Gasteiger partial charge in [0.05, 0.1) is 6.61 Å². The Bertz CT molecular complexity index is 247. The van der Waals surface area contributed by atoms with Crippen LogP contribution < -0.4 is 5.32 Å². The smallest absolute Gasteiger partial charge is 0.247 e. The van der Waals surface area contributed by atoms with Crippen molar-refractivity contribution in [3.8, 4) is 0 Å². The molecule has 1 saturated carbocycles. The Hall–Kier alpha value is -0.830. The minimum atomic E-state index is 0.0209. The van der Waals surface area contributed by atoms with Gasteiger partial charge < -0.3 is 10.4 Å². The van der Waals surface area contributed by atoms with E-state index in [1.165, 1.54) is 19.3 Å². The fourth-order valence-electron chi connectivity index (χ4n) is 2.37. The summed E-state index contributed by atoms with van der Waals surface area (Å²) in [6, 6.07) is 0. The van der Waals surface area contributed by atoms with E-state index in [4.69, 9.17) is 5.11 Å². The molecule has 13 heavy (non-hydrogen) atoms. The van der Waals surface area contributed by atoms with Crippen molar-refractivity contribution >= 4 is 5.91 Å². The highest BCUT2D eigenvalue weighted by atomic mass is 16.3. The van der Waals surface area contributed by atoms with E-state index in [1.54, 1.807) is 0 Å². The minimum Gasteiger partial charge on any atom is -0.395 e. The second-order valence-electron chi connectivity index (χ2n) is 3.87. The van der Waals surface area contributed by atoms with Crippen LogP contribution in [0.2, 0.25) is 0 Å². The molecule has 2 atom stereocenters. The molecule has 0 aliphatic heterocycles. The molecule has 1 fully saturated rings. The third-order valence-electron chi connectivity index (χ3n) is 2.99. The second-order valence-corrected chi connectivity index (χ2v) is 3.87. The van der Waals surface area contributed by atoms with Crippen molar-refractivity contribution in [1.29, 1.82) is 0 Å². The molecule has 2 rings (SSSR count). The fraction of sp³-hybridized carbons (Fsp3) is 0.700. The molecule has 0 aromatic heterocycles. The Morgan fingerprint density at radius 1 is 1.62 bits per heavy atom. The average Bonchev–Trinajstić information content (AvgIpc) is 2.74. The molecule has 0 spiro atoms. The highest BCUT2D eigenvalue weighted by Gasteiger charge is 2.35. The summed E-state index contributed by atoms with van der Waals surface area (Å²) < 4.78 is 0. The van der Waals surface area contributed by atoms with Gasteiger partial charge in [-0.3, -0.25) is 4.79 Å². The zero-order valence-corrected chi connectivity index (χ0v) is 7.62. The summed E-state index contributed by atoms with van der Waals surface area (Å²) in [6.07, 6.45) is 5.70. The summed E-state index contributed by atoms with van der Waals surface area (Å²) in [5, 5.41) is 11.3. The number of carbonyl (C=O) groups excluding carboxylic acids is 1. The van der Waals surface area contributed by atoms with Crippen LogP contribution in [0.4, 0.5) is 0 Å². The van der Waals surface area contributed by atoms with Crippen molar-refractivity contribution < 1.29 is 9.90 Å². The Kier molecular flexibility index (Phi) is 2.36. The maximum Gasteiger partial charge on any atom is 0.247 e. The summed E-state index contributed by atoms with van der Waals surface area (Å²) in [4.78, 5) is 11.5. The van der Waals surface area contributed by atoms with Gasteiger partial charge >= 0.3 is 0 Å². The lowest BCUT2D eigenvalue weighted by Crippen LogP contribution is -2.29. The molecule has 0 heterocycles. The highest BCUT2D eigenvalue weighted by molar-refractivity contribution is 5.94. The van der Waals surface area contributed by atoms with Crippen LogP contribution in [0.1, 0.15) is 19.3 Å². The largest absolute Gasteiger partial charge is 0.395 e. The van der Waals surface area contributed by atoms with E-state index in [0.29, 0.717) is 18.4 Å². The number of rotatable bonds is 3. The predicted molar refractivity (Wildman–Crippen MR) is 49.0 cm³/mol. The zero-order valence-electron chi connectivity index (χ0n) is 7.62. The van der Waals surface area contributed by atoms with Gasteiger partial charge in [-0.25, -0.2) is 0 Å². The number of carbonyl (C=O) groups is 1. The van der Waals surface area contributed by atoms with Gasteiger partial charge in [0, 0.05) is 12.1 Å². The molecule has 2 aliphatic rings. The van der Waals surface area contributed by atoms with E-state index < -0.39 is 0 Å². The number of fused-ring (bicyclic) bond motifs is 2. The predicted octanol–water partition coefficient (Wildman–Crippen LogP) is 0.451. The number of hydrogen-bond donors (Lipinski definition) is 2. The molecule has 2 unspecified atom stereocenters. The van der Waals surface area contributed by atoms with Crippen LogP contribution in [0.5, 0.6) is 0 Å². The van der Waals surface area contributed by atoms with Gasteiger partial charge in [0.2, 0.25) is 5.91 Å². The van der Waals surface area contributed by atoms with Gasteiger partial charge in [0.25, 0.3) is 0 Å². The van der Waals surface area contributed by atoms with Crippen LogP contribution in [0.15, 0.2) is 11.6 Å². The summed E-state index contributed by atoms with van der Waals surface area (Å²) in [6.45, 7) is 0.390. The molecule has 0 saturated heterocycles. The minimum absolute atomic E-state index is 0.0209. The molecule has 0 radical (unpaired) electrons.